The number of carbonyl (C=O) groups excluding carboxylic acids is 1. The topological polar surface area (TPSA) is 79.4 Å². The summed E-state index contributed by atoms with van der Waals surface area (Å²) in [5, 5.41) is 6.61. The average molecular weight is 444 g/mol. The molecule has 7 nitrogen and oxygen atoms in total. The Hall–Kier alpha value is -2.32. The molecule has 0 atom stereocenters. The number of morpholine rings is 1. The minimum atomic E-state index is -0.194. The maximum Gasteiger partial charge on any atom is 0.319 e. The van der Waals surface area contributed by atoms with Crippen LogP contribution >= 0.6 is 11.8 Å². The third kappa shape index (κ3) is 6.83. The fourth-order valence-electron chi connectivity index (χ4n) is 3.30. The molecule has 1 aliphatic heterocycles. The van der Waals surface area contributed by atoms with Crippen molar-refractivity contribution in [2.45, 2.75) is 39.3 Å². The van der Waals surface area contributed by atoms with Gasteiger partial charge in [-0.05, 0) is 42.7 Å². The summed E-state index contributed by atoms with van der Waals surface area (Å²) in [4.78, 5) is 24.0. The number of hydrogen-bond acceptors (Lipinski definition) is 6. The van der Waals surface area contributed by atoms with Crippen molar-refractivity contribution >= 4 is 29.3 Å². The molecule has 8 heteroatoms. The minimum Gasteiger partial charge on any atom is -0.378 e. The molecule has 3 rings (SSSR count). The second kappa shape index (κ2) is 10.3. The van der Waals surface area contributed by atoms with Gasteiger partial charge in [-0.15, -0.1) is 0 Å². The number of rotatable bonds is 6. The molecule has 0 radical (unpaired) electrons. The number of hydrogen-bond donors (Lipinski definition) is 2. The Labute approximate surface area is 189 Å². The molecule has 2 N–H and O–H groups in total. The molecule has 2 amide bonds. The predicted octanol–water partition coefficient (Wildman–Crippen LogP) is 4.57. The molecule has 2 heterocycles. The Morgan fingerprint density at radius 2 is 1.94 bits per heavy atom. The number of aromatic nitrogens is 2. The molecule has 31 heavy (non-hydrogen) atoms. The smallest absolute Gasteiger partial charge is 0.319 e. The summed E-state index contributed by atoms with van der Waals surface area (Å²) in [7, 11) is 0. The number of urea groups is 1. The SMILES string of the molecule is CSc1nc(-c2cc(NC(=O)NCCC(C)(C)C)ccc2C)cc(N2CCOCC2)n1. The van der Waals surface area contributed by atoms with Gasteiger partial charge in [0.15, 0.2) is 5.16 Å². The molecule has 0 spiro atoms. The highest BCUT2D eigenvalue weighted by Gasteiger charge is 2.17. The zero-order valence-corrected chi connectivity index (χ0v) is 19.9. The quantitative estimate of drug-likeness (QED) is 0.503. The summed E-state index contributed by atoms with van der Waals surface area (Å²) < 4.78 is 5.47. The first-order valence-electron chi connectivity index (χ1n) is 10.7. The van der Waals surface area contributed by atoms with Crippen molar-refractivity contribution < 1.29 is 9.53 Å². The summed E-state index contributed by atoms with van der Waals surface area (Å²) in [6.45, 7) is 12.2. The van der Waals surface area contributed by atoms with Crippen molar-refractivity contribution in [3.8, 4) is 11.3 Å². The number of benzene rings is 1. The van der Waals surface area contributed by atoms with Crippen molar-refractivity contribution in [3.05, 3.63) is 29.8 Å². The minimum absolute atomic E-state index is 0.185. The second-order valence-corrected chi connectivity index (χ2v) is 9.69. The van der Waals surface area contributed by atoms with Crippen LogP contribution in [0.3, 0.4) is 0 Å². The number of anilines is 2. The van der Waals surface area contributed by atoms with Gasteiger partial charge in [0, 0.05) is 37.0 Å². The van der Waals surface area contributed by atoms with Crippen LogP contribution in [-0.2, 0) is 4.74 Å². The first-order chi connectivity index (χ1) is 14.7. The Bertz CT molecular complexity index is 907. The number of ether oxygens (including phenoxy) is 1. The third-order valence-corrected chi connectivity index (χ3v) is 5.69. The van der Waals surface area contributed by atoms with Gasteiger partial charge >= 0.3 is 6.03 Å². The molecule has 0 saturated carbocycles. The van der Waals surface area contributed by atoms with E-state index >= 15 is 0 Å². The molecule has 2 aromatic rings. The monoisotopic (exact) mass is 443 g/mol. The first kappa shape index (κ1) is 23.3. The van der Waals surface area contributed by atoms with Gasteiger partial charge in [-0.1, -0.05) is 38.6 Å². The normalized spacial score (nSPS) is 14.4. The molecule has 1 aromatic heterocycles. The first-order valence-corrected chi connectivity index (χ1v) is 11.9. The molecular weight excluding hydrogens is 410 g/mol. The van der Waals surface area contributed by atoms with Crippen LogP contribution in [0, 0.1) is 12.3 Å². The maximum absolute atomic E-state index is 12.3. The van der Waals surface area contributed by atoms with E-state index < -0.39 is 0 Å². The van der Waals surface area contributed by atoms with E-state index in [0.717, 1.165) is 53.0 Å². The molecule has 168 valence electrons. The van der Waals surface area contributed by atoms with Crippen LogP contribution < -0.4 is 15.5 Å². The van der Waals surface area contributed by atoms with Crippen LogP contribution in [0.2, 0.25) is 0 Å². The highest BCUT2D eigenvalue weighted by molar-refractivity contribution is 7.98. The van der Waals surface area contributed by atoms with Gasteiger partial charge in [0.05, 0.1) is 18.9 Å². The van der Waals surface area contributed by atoms with Gasteiger partial charge in [-0.25, -0.2) is 14.8 Å². The molecule has 0 bridgehead atoms. The number of nitrogens with one attached hydrogen (secondary N) is 2. The van der Waals surface area contributed by atoms with E-state index in [9.17, 15) is 4.79 Å². The summed E-state index contributed by atoms with van der Waals surface area (Å²) in [6.07, 6.45) is 2.90. The lowest BCUT2D eigenvalue weighted by Crippen LogP contribution is -2.36. The molecular formula is C23H33N5O2S. The predicted molar refractivity (Wildman–Crippen MR) is 128 cm³/mol. The molecule has 1 aromatic carbocycles. The van der Waals surface area contributed by atoms with E-state index in [2.05, 4.69) is 43.2 Å². The summed E-state index contributed by atoms with van der Waals surface area (Å²) in [5.74, 6) is 0.912. The molecule has 0 aliphatic carbocycles. The van der Waals surface area contributed by atoms with Gasteiger partial charge in [0.1, 0.15) is 5.82 Å². The third-order valence-electron chi connectivity index (χ3n) is 5.14. The highest BCUT2D eigenvalue weighted by Crippen LogP contribution is 2.29. The number of nitrogens with zero attached hydrogens (tertiary/aromatic N) is 3. The van der Waals surface area contributed by atoms with E-state index in [-0.39, 0.29) is 11.4 Å². The van der Waals surface area contributed by atoms with Crippen molar-refractivity contribution in [3.63, 3.8) is 0 Å². The van der Waals surface area contributed by atoms with E-state index in [1.54, 1.807) is 0 Å². The zero-order chi connectivity index (χ0) is 22.4. The maximum atomic E-state index is 12.3. The Kier molecular flexibility index (Phi) is 7.78. The van der Waals surface area contributed by atoms with Crippen LogP contribution in [0.4, 0.5) is 16.3 Å². The van der Waals surface area contributed by atoms with Crippen molar-refractivity contribution in [1.29, 1.82) is 0 Å². The van der Waals surface area contributed by atoms with Crippen LogP contribution in [0.5, 0.6) is 0 Å². The van der Waals surface area contributed by atoms with Crippen molar-refractivity contribution in [2.24, 2.45) is 5.41 Å². The summed E-state index contributed by atoms with van der Waals surface area (Å²) in [6, 6.07) is 7.74. The van der Waals surface area contributed by atoms with Gasteiger partial charge in [0.2, 0.25) is 0 Å². The lowest BCUT2D eigenvalue weighted by Gasteiger charge is -2.28. The van der Waals surface area contributed by atoms with Gasteiger partial charge < -0.3 is 20.3 Å². The molecule has 1 fully saturated rings. The Morgan fingerprint density at radius 3 is 2.61 bits per heavy atom. The fraction of sp³-hybridized carbons (Fsp3) is 0.522. The van der Waals surface area contributed by atoms with E-state index in [1.165, 1.54) is 11.8 Å². The Balaban J connectivity index is 1.80. The van der Waals surface area contributed by atoms with E-state index in [0.29, 0.717) is 19.8 Å². The van der Waals surface area contributed by atoms with Crippen LogP contribution in [0.25, 0.3) is 11.3 Å². The Morgan fingerprint density at radius 1 is 1.19 bits per heavy atom. The fourth-order valence-corrected chi connectivity index (χ4v) is 3.67. The van der Waals surface area contributed by atoms with E-state index in [1.807, 2.05) is 30.5 Å². The molecule has 1 saturated heterocycles. The second-order valence-electron chi connectivity index (χ2n) is 8.92. The number of amides is 2. The van der Waals surface area contributed by atoms with Crippen LogP contribution in [0.15, 0.2) is 29.4 Å². The van der Waals surface area contributed by atoms with Gasteiger partial charge in [-0.3, -0.25) is 0 Å². The van der Waals surface area contributed by atoms with Crippen LogP contribution in [-0.4, -0.2) is 55.1 Å². The number of carbonyl (C=O) groups is 1. The van der Waals surface area contributed by atoms with Crippen molar-refractivity contribution in [2.75, 3.05) is 49.3 Å². The van der Waals surface area contributed by atoms with Crippen LogP contribution in [0.1, 0.15) is 32.8 Å². The summed E-state index contributed by atoms with van der Waals surface area (Å²) in [5.41, 5.74) is 3.86. The molecule has 1 aliphatic rings. The van der Waals surface area contributed by atoms with Crippen molar-refractivity contribution in [1.82, 2.24) is 15.3 Å². The lowest BCUT2D eigenvalue weighted by molar-refractivity contribution is 0.122. The van der Waals surface area contributed by atoms with Gasteiger partial charge in [-0.2, -0.15) is 0 Å². The largest absolute Gasteiger partial charge is 0.378 e. The summed E-state index contributed by atoms with van der Waals surface area (Å²) >= 11 is 1.53. The average Bonchev–Trinajstić information content (AvgIpc) is 2.74. The number of thioether (sulfide) groups is 1. The zero-order valence-electron chi connectivity index (χ0n) is 19.1. The standard InChI is InChI=1S/C23H33N5O2S/c1-16-6-7-17(25-21(29)24-9-8-23(2,3)4)14-18(16)19-15-20(27-22(26-19)31-5)28-10-12-30-13-11-28/h6-7,14-15H,8-13H2,1-5H3,(H2,24,25,29). The van der Waals surface area contributed by atoms with Gasteiger partial charge in [0.25, 0.3) is 0 Å². The molecule has 0 unspecified atom stereocenters. The van der Waals surface area contributed by atoms with E-state index in [4.69, 9.17) is 14.7 Å². The lowest BCUT2D eigenvalue weighted by atomic mass is 9.92. The number of aryl methyl sites for hydroxylation is 1. The highest BCUT2D eigenvalue weighted by atomic mass is 32.2.